The Kier molecular flexibility index (Phi) is 5.68. The van der Waals surface area contributed by atoms with Gasteiger partial charge in [-0.25, -0.2) is 0 Å². The zero-order chi connectivity index (χ0) is 11.8. The molecule has 0 aliphatic heterocycles. The standard InChI is InChI=1S/C13H21NO2/c1-3-5-6-11-9-12(14-10-11)7-8-13(15)16-4-2/h9-10,14H,3-8H2,1-2H3. The first-order valence-electron chi connectivity index (χ1n) is 6.08. The second-order valence-corrected chi connectivity index (χ2v) is 3.94. The number of carbonyl (C=O) groups is 1. The minimum absolute atomic E-state index is 0.118. The number of hydrogen-bond donors (Lipinski definition) is 1. The maximum absolute atomic E-state index is 11.2. The number of nitrogens with one attached hydrogen (secondary N) is 1. The van der Waals surface area contributed by atoms with E-state index in [1.54, 1.807) is 0 Å². The molecular formula is C13H21NO2. The molecule has 0 radical (unpaired) electrons. The van der Waals surface area contributed by atoms with Crippen molar-refractivity contribution in [2.75, 3.05) is 6.61 Å². The summed E-state index contributed by atoms with van der Waals surface area (Å²) < 4.78 is 4.88. The van der Waals surface area contributed by atoms with Crippen LogP contribution in [0.25, 0.3) is 0 Å². The fourth-order valence-corrected chi connectivity index (χ4v) is 1.63. The number of hydrogen-bond acceptors (Lipinski definition) is 2. The molecular weight excluding hydrogens is 202 g/mol. The van der Waals surface area contributed by atoms with Crippen LogP contribution in [0.3, 0.4) is 0 Å². The lowest BCUT2D eigenvalue weighted by molar-refractivity contribution is -0.143. The van der Waals surface area contributed by atoms with Crippen molar-refractivity contribution in [1.29, 1.82) is 0 Å². The molecule has 0 amide bonds. The van der Waals surface area contributed by atoms with Crippen LogP contribution >= 0.6 is 0 Å². The number of aromatic amines is 1. The van der Waals surface area contributed by atoms with Gasteiger partial charge in [-0.1, -0.05) is 13.3 Å². The summed E-state index contributed by atoms with van der Waals surface area (Å²) in [7, 11) is 0. The van der Waals surface area contributed by atoms with Crippen LogP contribution in [-0.2, 0) is 22.4 Å². The molecule has 0 aliphatic rings. The largest absolute Gasteiger partial charge is 0.466 e. The minimum Gasteiger partial charge on any atom is -0.466 e. The number of aryl methyl sites for hydroxylation is 2. The average molecular weight is 223 g/mol. The second-order valence-electron chi connectivity index (χ2n) is 3.94. The van der Waals surface area contributed by atoms with Crippen LogP contribution in [-0.4, -0.2) is 17.6 Å². The predicted molar refractivity (Wildman–Crippen MR) is 64.4 cm³/mol. The van der Waals surface area contributed by atoms with Crippen molar-refractivity contribution >= 4 is 5.97 Å². The van der Waals surface area contributed by atoms with E-state index in [1.807, 2.05) is 13.1 Å². The van der Waals surface area contributed by atoms with Crippen molar-refractivity contribution in [1.82, 2.24) is 4.98 Å². The van der Waals surface area contributed by atoms with Gasteiger partial charge in [0.1, 0.15) is 0 Å². The Labute approximate surface area is 97.2 Å². The summed E-state index contributed by atoms with van der Waals surface area (Å²) in [5.74, 6) is -0.118. The van der Waals surface area contributed by atoms with Crippen LogP contribution in [0.1, 0.15) is 44.4 Å². The summed E-state index contributed by atoms with van der Waals surface area (Å²) >= 11 is 0. The Hall–Kier alpha value is -1.25. The Balaban J connectivity index is 2.31. The van der Waals surface area contributed by atoms with Crippen LogP contribution in [0.5, 0.6) is 0 Å². The number of H-pyrrole nitrogens is 1. The van der Waals surface area contributed by atoms with E-state index in [2.05, 4.69) is 18.0 Å². The first-order chi connectivity index (χ1) is 7.76. The molecule has 0 saturated heterocycles. The highest BCUT2D eigenvalue weighted by molar-refractivity contribution is 5.69. The SMILES string of the molecule is CCCCc1c[nH]c(CCC(=O)OCC)c1. The van der Waals surface area contributed by atoms with Gasteiger partial charge in [0.05, 0.1) is 13.0 Å². The molecule has 1 rings (SSSR count). The molecule has 90 valence electrons. The third-order valence-electron chi connectivity index (χ3n) is 2.53. The predicted octanol–water partition coefficient (Wildman–Crippen LogP) is 2.85. The Morgan fingerprint density at radius 1 is 1.38 bits per heavy atom. The van der Waals surface area contributed by atoms with Gasteiger partial charge in [-0.15, -0.1) is 0 Å². The molecule has 0 bridgehead atoms. The van der Waals surface area contributed by atoms with Gasteiger partial charge in [-0.2, -0.15) is 0 Å². The molecule has 0 fully saturated rings. The van der Waals surface area contributed by atoms with E-state index in [1.165, 1.54) is 18.4 Å². The van der Waals surface area contributed by atoms with Gasteiger partial charge < -0.3 is 9.72 Å². The summed E-state index contributed by atoms with van der Waals surface area (Å²) in [5.41, 5.74) is 2.46. The highest BCUT2D eigenvalue weighted by Gasteiger charge is 2.04. The molecule has 0 saturated carbocycles. The van der Waals surface area contributed by atoms with Gasteiger partial charge >= 0.3 is 5.97 Å². The molecule has 3 heteroatoms. The van der Waals surface area contributed by atoms with Gasteiger partial charge in [-0.05, 0) is 37.8 Å². The van der Waals surface area contributed by atoms with Crippen molar-refractivity contribution in [3.8, 4) is 0 Å². The molecule has 1 aromatic heterocycles. The van der Waals surface area contributed by atoms with Crippen molar-refractivity contribution in [3.05, 3.63) is 23.5 Å². The molecule has 0 aliphatic carbocycles. The number of rotatable bonds is 7. The second kappa shape index (κ2) is 7.09. The van der Waals surface area contributed by atoms with E-state index in [4.69, 9.17) is 4.74 Å². The third-order valence-corrected chi connectivity index (χ3v) is 2.53. The maximum Gasteiger partial charge on any atom is 0.306 e. The molecule has 3 nitrogen and oxygen atoms in total. The molecule has 1 N–H and O–H groups in total. The number of unbranched alkanes of at least 4 members (excludes halogenated alkanes) is 1. The van der Waals surface area contributed by atoms with Crippen molar-refractivity contribution < 1.29 is 9.53 Å². The van der Waals surface area contributed by atoms with E-state index >= 15 is 0 Å². The summed E-state index contributed by atoms with van der Waals surface area (Å²) in [4.78, 5) is 14.4. The molecule has 0 atom stereocenters. The molecule has 0 aromatic carbocycles. The third kappa shape index (κ3) is 4.51. The molecule has 1 heterocycles. The van der Waals surface area contributed by atoms with Gasteiger partial charge in [0.15, 0.2) is 0 Å². The fourth-order valence-electron chi connectivity index (χ4n) is 1.63. The lowest BCUT2D eigenvalue weighted by Crippen LogP contribution is -2.05. The highest BCUT2D eigenvalue weighted by Crippen LogP contribution is 2.09. The van der Waals surface area contributed by atoms with E-state index in [-0.39, 0.29) is 5.97 Å². The Morgan fingerprint density at radius 2 is 2.19 bits per heavy atom. The maximum atomic E-state index is 11.2. The summed E-state index contributed by atoms with van der Waals surface area (Å²) in [6.07, 6.45) is 6.79. The van der Waals surface area contributed by atoms with Crippen LogP contribution in [0.15, 0.2) is 12.3 Å². The smallest absolute Gasteiger partial charge is 0.306 e. The van der Waals surface area contributed by atoms with Crippen molar-refractivity contribution in [2.24, 2.45) is 0 Å². The number of ether oxygens (including phenoxy) is 1. The van der Waals surface area contributed by atoms with Crippen molar-refractivity contribution in [3.63, 3.8) is 0 Å². The topological polar surface area (TPSA) is 42.1 Å². The van der Waals surface area contributed by atoms with Crippen LogP contribution in [0.2, 0.25) is 0 Å². The Morgan fingerprint density at radius 3 is 2.88 bits per heavy atom. The quantitative estimate of drug-likeness (QED) is 0.722. The molecule has 0 spiro atoms. The summed E-state index contributed by atoms with van der Waals surface area (Å²) in [5, 5.41) is 0. The average Bonchev–Trinajstić information content (AvgIpc) is 2.72. The van der Waals surface area contributed by atoms with Gasteiger partial charge in [0.25, 0.3) is 0 Å². The van der Waals surface area contributed by atoms with Crippen molar-refractivity contribution in [2.45, 2.75) is 46.0 Å². The van der Waals surface area contributed by atoms with Crippen LogP contribution in [0.4, 0.5) is 0 Å². The van der Waals surface area contributed by atoms with Crippen LogP contribution < -0.4 is 0 Å². The monoisotopic (exact) mass is 223 g/mol. The van der Waals surface area contributed by atoms with Crippen LogP contribution in [0, 0.1) is 0 Å². The molecule has 16 heavy (non-hydrogen) atoms. The normalized spacial score (nSPS) is 10.4. The van der Waals surface area contributed by atoms with E-state index in [0.29, 0.717) is 13.0 Å². The summed E-state index contributed by atoms with van der Waals surface area (Å²) in [6.45, 7) is 4.48. The van der Waals surface area contributed by atoms with Gasteiger partial charge in [0, 0.05) is 11.9 Å². The number of aromatic nitrogens is 1. The zero-order valence-corrected chi connectivity index (χ0v) is 10.2. The molecule has 0 unspecified atom stereocenters. The lowest BCUT2D eigenvalue weighted by atomic mass is 10.1. The first-order valence-corrected chi connectivity index (χ1v) is 6.08. The van der Waals surface area contributed by atoms with E-state index in [9.17, 15) is 4.79 Å². The number of carbonyl (C=O) groups excluding carboxylic acids is 1. The highest BCUT2D eigenvalue weighted by atomic mass is 16.5. The number of esters is 1. The van der Waals surface area contributed by atoms with Gasteiger partial charge in [-0.3, -0.25) is 4.79 Å². The summed E-state index contributed by atoms with van der Waals surface area (Å²) in [6, 6.07) is 2.15. The van der Waals surface area contributed by atoms with E-state index in [0.717, 1.165) is 18.5 Å². The first kappa shape index (κ1) is 12.8. The Bertz CT molecular complexity index is 317. The van der Waals surface area contributed by atoms with Gasteiger partial charge in [0.2, 0.25) is 0 Å². The van der Waals surface area contributed by atoms with E-state index < -0.39 is 0 Å². The minimum atomic E-state index is -0.118. The lowest BCUT2D eigenvalue weighted by Gasteiger charge is -1.99. The zero-order valence-electron chi connectivity index (χ0n) is 10.2. The fraction of sp³-hybridized carbons (Fsp3) is 0.615. The molecule has 1 aromatic rings.